The molecule has 0 saturated carbocycles. The molecule has 1 aliphatic heterocycles. The quantitative estimate of drug-likeness (QED) is 0.250. The van der Waals surface area contributed by atoms with E-state index >= 15 is 0 Å². The Kier molecular flexibility index (Phi) is 5.51. The Bertz CT molecular complexity index is 650. The Morgan fingerprint density at radius 1 is 1.50 bits per heavy atom. The minimum atomic E-state index is -0.871. The summed E-state index contributed by atoms with van der Waals surface area (Å²) in [6, 6.07) is 3.67. The molecular weight excluding hydrogens is 432 g/mol. The van der Waals surface area contributed by atoms with Gasteiger partial charge in [0.15, 0.2) is 0 Å². The molecule has 0 aromatic heterocycles. The van der Waals surface area contributed by atoms with Crippen molar-refractivity contribution in [2.24, 2.45) is 0 Å². The number of carbonyl (C=O) groups is 1. The van der Waals surface area contributed by atoms with E-state index in [2.05, 4.69) is 27.9 Å². The van der Waals surface area contributed by atoms with Gasteiger partial charge in [0, 0.05) is 24.4 Å². The predicted octanol–water partition coefficient (Wildman–Crippen LogP) is 3.60. The summed E-state index contributed by atoms with van der Waals surface area (Å²) in [4.78, 5) is 23.7. The van der Waals surface area contributed by atoms with Crippen molar-refractivity contribution in [2.75, 3.05) is 11.4 Å². The maximum atomic E-state index is 13.8. The van der Waals surface area contributed by atoms with Crippen LogP contribution in [0.25, 0.3) is 0 Å². The molecule has 9 heteroatoms. The second kappa shape index (κ2) is 7.08. The molecule has 1 amide bonds. The van der Waals surface area contributed by atoms with Crippen LogP contribution < -0.4 is 10.2 Å². The van der Waals surface area contributed by atoms with Crippen molar-refractivity contribution in [1.82, 2.24) is 5.32 Å². The largest absolute Gasteiger partial charge is 0.444 e. The molecule has 0 aliphatic carbocycles. The second-order valence-corrected chi connectivity index (χ2v) is 7.78. The number of alkyl halides is 1. The summed E-state index contributed by atoms with van der Waals surface area (Å²) in [5, 5.41) is 13.5. The van der Waals surface area contributed by atoms with Crippen molar-refractivity contribution >= 4 is 40.1 Å². The van der Waals surface area contributed by atoms with Gasteiger partial charge in [-0.3, -0.25) is 10.1 Å². The van der Waals surface area contributed by atoms with Gasteiger partial charge in [-0.1, -0.05) is 22.6 Å². The molecule has 1 aliphatic rings. The van der Waals surface area contributed by atoms with Crippen LogP contribution in [0.3, 0.4) is 0 Å². The molecule has 1 heterocycles. The van der Waals surface area contributed by atoms with Crippen LogP contribution in [0.1, 0.15) is 27.2 Å². The zero-order valence-corrected chi connectivity index (χ0v) is 15.7. The van der Waals surface area contributed by atoms with Gasteiger partial charge >= 0.3 is 11.8 Å². The summed E-state index contributed by atoms with van der Waals surface area (Å²) in [5.74, 6) is -0.871. The first-order valence-corrected chi connectivity index (χ1v) is 8.67. The molecule has 1 saturated heterocycles. The van der Waals surface area contributed by atoms with E-state index in [4.69, 9.17) is 4.74 Å². The Labute approximate surface area is 152 Å². The minimum Gasteiger partial charge on any atom is -0.444 e. The molecule has 1 aromatic rings. The second-order valence-electron chi connectivity index (χ2n) is 6.50. The number of amides is 1. The molecule has 2 rings (SSSR count). The number of halogens is 2. The zero-order valence-electron chi connectivity index (χ0n) is 13.6. The maximum absolute atomic E-state index is 13.8. The number of hydrogen-bond donors (Lipinski definition) is 1. The molecule has 0 bridgehead atoms. The van der Waals surface area contributed by atoms with E-state index in [1.165, 1.54) is 6.07 Å². The third-order valence-corrected chi connectivity index (χ3v) is 5.01. The molecule has 0 radical (unpaired) electrons. The predicted molar refractivity (Wildman–Crippen MR) is 96.0 cm³/mol. The topological polar surface area (TPSA) is 84.7 Å². The smallest absolute Gasteiger partial charge is 0.407 e. The maximum Gasteiger partial charge on any atom is 0.407 e. The van der Waals surface area contributed by atoms with E-state index in [0.717, 1.165) is 12.1 Å². The van der Waals surface area contributed by atoms with Crippen molar-refractivity contribution < 1.29 is 18.8 Å². The van der Waals surface area contributed by atoms with Gasteiger partial charge in [0.05, 0.1) is 11.0 Å². The fourth-order valence-electron chi connectivity index (χ4n) is 2.45. The highest BCUT2D eigenvalue weighted by Crippen LogP contribution is 2.32. The van der Waals surface area contributed by atoms with E-state index in [1.54, 1.807) is 20.8 Å². The van der Waals surface area contributed by atoms with Crippen LogP contribution in [0.4, 0.5) is 20.6 Å². The van der Waals surface area contributed by atoms with Crippen LogP contribution in [-0.2, 0) is 4.74 Å². The molecule has 2 unspecified atom stereocenters. The lowest BCUT2D eigenvalue weighted by atomic mass is 10.2. The Morgan fingerprint density at radius 3 is 2.71 bits per heavy atom. The number of ether oxygens (including phenoxy) is 1. The van der Waals surface area contributed by atoms with Gasteiger partial charge in [-0.25, -0.2) is 4.79 Å². The van der Waals surface area contributed by atoms with Gasteiger partial charge in [0.25, 0.3) is 0 Å². The van der Waals surface area contributed by atoms with Crippen molar-refractivity contribution in [3.8, 4) is 0 Å². The van der Waals surface area contributed by atoms with Crippen molar-refractivity contribution in [3.05, 3.63) is 34.1 Å². The number of nitrogens with zero attached hydrogens (tertiary/aromatic N) is 2. The summed E-state index contributed by atoms with van der Waals surface area (Å²) >= 11 is 2.16. The molecule has 1 fully saturated rings. The average Bonchev–Trinajstić information content (AvgIpc) is 2.77. The highest BCUT2D eigenvalue weighted by molar-refractivity contribution is 14.1. The molecule has 7 nitrogen and oxygen atoms in total. The van der Waals surface area contributed by atoms with Crippen molar-refractivity contribution in [1.29, 1.82) is 0 Å². The van der Waals surface area contributed by atoms with Crippen LogP contribution >= 0.6 is 22.6 Å². The fourth-order valence-corrected chi connectivity index (χ4v) is 3.59. The van der Waals surface area contributed by atoms with Gasteiger partial charge in [0.1, 0.15) is 9.65 Å². The highest BCUT2D eigenvalue weighted by atomic mass is 127. The van der Waals surface area contributed by atoms with Gasteiger partial charge in [-0.2, -0.15) is 4.39 Å². The standard InChI is InChI=1S/C15H19FIN3O4/c1-15(2,3)24-14(21)18-11-6-7-19(13(11)17)9-4-5-12(20(22)23)10(16)8-9/h4-5,8,11,13H,6-7H2,1-3H3,(H,18,21). The van der Waals surface area contributed by atoms with Crippen molar-refractivity contribution in [2.45, 2.75) is 42.9 Å². The van der Waals surface area contributed by atoms with E-state index in [-0.39, 0.29) is 10.1 Å². The summed E-state index contributed by atoms with van der Waals surface area (Å²) in [5.41, 5.74) is -0.581. The molecule has 2 atom stereocenters. The molecule has 1 aromatic carbocycles. The van der Waals surface area contributed by atoms with Crippen LogP contribution in [-0.4, -0.2) is 33.3 Å². The van der Waals surface area contributed by atoms with E-state index in [9.17, 15) is 19.3 Å². The fraction of sp³-hybridized carbons (Fsp3) is 0.533. The Morgan fingerprint density at radius 2 is 2.17 bits per heavy atom. The molecule has 132 valence electrons. The van der Waals surface area contributed by atoms with E-state index < -0.39 is 28.1 Å². The monoisotopic (exact) mass is 451 g/mol. The first-order chi connectivity index (χ1) is 11.1. The number of carbonyl (C=O) groups excluding carboxylic acids is 1. The van der Waals surface area contributed by atoms with Gasteiger partial charge < -0.3 is 15.0 Å². The number of nitro benzene ring substituents is 1. The number of benzene rings is 1. The lowest BCUT2D eigenvalue weighted by Gasteiger charge is -2.26. The van der Waals surface area contributed by atoms with Gasteiger partial charge in [0.2, 0.25) is 5.82 Å². The third-order valence-electron chi connectivity index (χ3n) is 3.47. The number of alkyl carbamates (subject to hydrolysis) is 1. The summed E-state index contributed by atoms with van der Waals surface area (Å²) in [6.45, 7) is 5.96. The van der Waals surface area contributed by atoms with Crippen LogP contribution in [0, 0.1) is 15.9 Å². The lowest BCUT2D eigenvalue weighted by molar-refractivity contribution is -0.387. The number of hydrogen-bond acceptors (Lipinski definition) is 5. The first-order valence-electron chi connectivity index (χ1n) is 7.42. The first kappa shape index (κ1) is 18.7. The normalized spacial score (nSPS) is 20.8. The minimum absolute atomic E-state index is 0.115. The SMILES string of the molecule is CC(C)(C)OC(=O)NC1CCN(c2ccc([N+](=O)[O-])c(F)c2)C1I. The summed E-state index contributed by atoms with van der Waals surface area (Å²) < 4.78 is 18.9. The van der Waals surface area contributed by atoms with Crippen LogP contribution in [0.5, 0.6) is 0 Å². The van der Waals surface area contributed by atoms with Gasteiger partial charge in [-0.05, 0) is 33.3 Å². The van der Waals surface area contributed by atoms with E-state index in [0.29, 0.717) is 18.7 Å². The molecular formula is C15H19FIN3O4. The van der Waals surface area contributed by atoms with Crippen LogP contribution in [0.2, 0.25) is 0 Å². The number of nitrogens with one attached hydrogen (secondary N) is 1. The highest BCUT2D eigenvalue weighted by Gasteiger charge is 2.35. The molecule has 24 heavy (non-hydrogen) atoms. The zero-order chi connectivity index (χ0) is 18.1. The number of nitro groups is 1. The van der Waals surface area contributed by atoms with Crippen molar-refractivity contribution in [3.63, 3.8) is 0 Å². The number of rotatable bonds is 3. The summed E-state index contributed by atoms with van der Waals surface area (Å²) in [7, 11) is 0. The third kappa shape index (κ3) is 4.46. The Hall–Kier alpha value is -1.65. The van der Waals surface area contributed by atoms with E-state index in [1.807, 2.05) is 4.90 Å². The lowest BCUT2D eigenvalue weighted by Crippen LogP contribution is -2.43. The van der Waals surface area contributed by atoms with Crippen LogP contribution in [0.15, 0.2) is 18.2 Å². The van der Waals surface area contributed by atoms with Gasteiger partial charge in [-0.15, -0.1) is 0 Å². The molecule has 1 N–H and O–H groups in total. The number of anilines is 1. The average molecular weight is 451 g/mol. The Balaban J connectivity index is 2.06. The molecule has 0 spiro atoms. The summed E-state index contributed by atoms with van der Waals surface area (Å²) in [6.07, 6.45) is 0.178.